The maximum absolute atomic E-state index is 13.7. The van der Waals surface area contributed by atoms with Crippen LogP contribution in [0.15, 0.2) is 36.4 Å². The molecule has 0 saturated carbocycles. The van der Waals surface area contributed by atoms with Gasteiger partial charge in [0.1, 0.15) is 5.82 Å². The molecule has 0 radical (unpaired) electrons. The van der Waals surface area contributed by atoms with Crippen LogP contribution in [0, 0.1) is 11.6 Å². The predicted octanol–water partition coefficient (Wildman–Crippen LogP) is 2.95. The number of methoxy groups -OCH3 is 1. The summed E-state index contributed by atoms with van der Waals surface area (Å²) >= 11 is 0. The molecule has 21 heavy (non-hydrogen) atoms. The maximum atomic E-state index is 13.7. The summed E-state index contributed by atoms with van der Waals surface area (Å²) in [6.45, 7) is 0.342. The van der Waals surface area contributed by atoms with Crippen molar-refractivity contribution in [3.8, 4) is 5.75 Å². The van der Waals surface area contributed by atoms with Gasteiger partial charge in [-0.15, -0.1) is 0 Å². The number of anilines is 1. The van der Waals surface area contributed by atoms with Crippen LogP contribution in [-0.4, -0.2) is 16.7 Å². The highest BCUT2D eigenvalue weighted by atomic mass is 19.1. The fourth-order valence-corrected chi connectivity index (χ4v) is 2.29. The maximum Gasteiger partial charge on any atom is 0.201 e. The predicted molar refractivity (Wildman–Crippen MR) is 76.2 cm³/mol. The van der Waals surface area contributed by atoms with Crippen molar-refractivity contribution in [3.05, 3.63) is 53.6 Å². The minimum Gasteiger partial charge on any atom is -0.494 e. The number of halogens is 2. The first-order valence-corrected chi connectivity index (χ1v) is 6.32. The third kappa shape index (κ3) is 2.40. The molecule has 0 aliphatic rings. The Kier molecular flexibility index (Phi) is 3.21. The fraction of sp³-hybridized carbons (Fsp3) is 0.133. The van der Waals surface area contributed by atoms with Crippen LogP contribution >= 0.6 is 0 Å². The Morgan fingerprint density at radius 3 is 2.76 bits per heavy atom. The summed E-state index contributed by atoms with van der Waals surface area (Å²) in [6.07, 6.45) is 0. The molecular formula is C15H13F2N3O. The van der Waals surface area contributed by atoms with Gasteiger partial charge >= 0.3 is 0 Å². The number of nitrogens with zero attached hydrogens (tertiary/aromatic N) is 2. The zero-order valence-corrected chi connectivity index (χ0v) is 11.3. The van der Waals surface area contributed by atoms with E-state index in [4.69, 9.17) is 10.5 Å². The van der Waals surface area contributed by atoms with Crippen LogP contribution < -0.4 is 10.5 Å². The number of rotatable bonds is 3. The van der Waals surface area contributed by atoms with Gasteiger partial charge in [0.25, 0.3) is 0 Å². The highest BCUT2D eigenvalue weighted by Crippen LogP contribution is 2.27. The zero-order valence-electron chi connectivity index (χ0n) is 11.3. The van der Waals surface area contributed by atoms with Gasteiger partial charge in [-0.05, 0) is 17.7 Å². The van der Waals surface area contributed by atoms with E-state index in [0.717, 1.165) is 5.56 Å². The van der Waals surface area contributed by atoms with Gasteiger partial charge in [0.2, 0.25) is 5.95 Å². The lowest BCUT2D eigenvalue weighted by atomic mass is 10.2. The lowest BCUT2D eigenvalue weighted by molar-refractivity contribution is 0.387. The SMILES string of the molecule is COc1cc2c(cc1F)nc(N)n2Cc1cccc(F)c1. The zero-order chi connectivity index (χ0) is 15.0. The first kappa shape index (κ1) is 13.4. The molecule has 2 aromatic carbocycles. The van der Waals surface area contributed by atoms with Crippen LogP contribution in [0.1, 0.15) is 5.56 Å². The molecule has 3 aromatic rings. The van der Waals surface area contributed by atoms with Crippen LogP contribution in [0.5, 0.6) is 5.75 Å². The van der Waals surface area contributed by atoms with Crippen molar-refractivity contribution in [2.45, 2.75) is 6.54 Å². The van der Waals surface area contributed by atoms with E-state index in [9.17, 15) is 8.78 Å². The Hall–Kier alpha value is -2.63. The standard InChI is InChI=1S/C15H13F2N3O/c1-21-14-7-13-12(6-11(14)17)19-15(18)20(13)8-9-3-2-4-10(16)5-9/h2-7H,8H2,1H3,(H2,18,19). The summed E-state index contributed by atoms with van der Waals surface area (Å²) in [4.78, 5) is 4.12. The lowest BCUT2D eigenvalue weighted by Gasteiger charge is -2.08. The third-order valence-electron chi connectivity index (χ3n) is 3.28. The van der Waals surface area contributed by atoms with Crippen LogP contribution in [-0.2, 0) is 6.54 Å². The molecule has 0 fully saturated rings. The van der Waals surface area contributed by atoms with E-state index >= 15 is 0 Å². The van der Waals surface area contributed by atoms with E-state index in [1.54, 1.807) is 16.7 Å². The lowest BCUT2D eigenvalue weighted by Crippen LogP contribution is -2.05. The van der Waals surface area contributed by atoms with Crippen LogP contribution in [0.4, 0.5) is 14.7 Å². The van der Waals surface area contributed by atoms with Gasteiger partial charge in [0.15, 0.2) is 11.6 Å². The van der Waals surface area contributed by atoms with Gasteiger partial charge in [-0.3, -0.25) is 0 Å². The monoisotopic (exact) mass is 289 g/mol. The number of benzene rings is 2. The molecule has 0 unspecified atom stereocenters. The first-order valence-electron chi connectivity index (χ1n) is 6.32. The fourth-order valence-electron chi connectivity index (χ4n) is 2.29. The number of hydrogen-bond acceptors (Lipinski definition) is 3. The van der Waals surface area contributed by atoms with Crippen LogP contribution in [0.2, 0.25) is 0 Å². The summed E-state index contributed by atoms with van der Waals surface area (Å²) in [5, 5.41) is 0. The van der Waals surface area contributed by atoms with E-state index < -0.39 is 5.82 Å². The smallest absolute Gasteiger partial charge is 0.201 e. The van der Waals surface area contributed by atoms with Gasteiger partial charge in [0.05, 0.1) is 24.7 Å². The molecule has 0 saturated heterocycles. The highest BCUT2D eigenvalue weighted by molar-refractivity contribution is 5.80. The van der Waals surface area contributed by atoms with Crippen LogP contribution in [0.3, 0.4) is 0 Å². The number of nitrogens with two attached hydrogens (primary N) is 1. The minimum atomic E-state index is -0.500. The molecule has 0 bridgehead atoms. The second-order valence-corrected chi connectivity index (χ2v) is 4.66. The number of fused-ring (bicyclic) bond motifs is 1. The van der Waals surface area contributed by atoms with Crippen molar-refractivity contribution in [2.24, 2.45) is 0 Å². The van der Waals surface area contributed by atoms with Gasteiger partial charge in [0, 0.05) is 12.1 Å². The Labute approximate surface area is 119 Å². The second kappa shape index (κ2) is 5.05. The van der Waals surface area contributed by atoms with E-state index in [0.29, 0.717) is 17.6 Å². The van der Waals surface area contributed by atoms with Crippen molar-refractivity contribution < 1.29 is 13.5 Å². The van der Waals surface area contributed by atoms with Crippen molar-refractivity contribution in [1.82, 2.24) is 9.55 Å². The molecule has 4 nitrogen and oxygen atoms in total. The van der Waals surface area contributed by atoms with E-state index in [1.165, 1.54) is 31.4 Å². The van der Waals surface area contributed by atoms with E-state index in [1.807, 2.05) is 0 Å². The normalized spacial score (nSPS) is 11.0. The number of aromatic nitrogens is 2. The molecule has 1 aromatic heterocycles. The molecule has 0 spiro atoms. The summed E-state index contributed by atoms with van der Waals surface area (Å²) in [5.74, 6) is -0.468. The first-order chi connectivity index (χ1) is 10.1. The molecule has 0 aliphatic carbocycles. The molecule has 2 N–H and O–H groups in total. The molecule has 108 valence electrons. The third-order valence-corrected chi connectivity index (χ3v) is 3.28. The number of ether oxygens (including phenoxy) is 1. The molecule has 0 aliphatic heterocycles. The van der Waals surface area contributed by atoms with Gasteiger partial charge in [-0.1, -0.05) is 12.1 Å². The molecule has 0 amide bonds. The molecule has 3 rings (SSSR count). The quantitative estimate of drug-likeness (QED) is 0.806. The number of imidazole rings is 1. The average molecular weight is 289 g/mol. The average Bonchev–Trinajstić information content (AvgIpc) is 2.73. The van der Waals surface area contributed by atoms with Crippen LogP contribution in [0.25, 0.3) is 11.0 Å². The summed E-state index contributed by atoms with van der Waals surface area (Å²) in [6, 6.07) is 9.01. The minimum absolute atomic E-state index is 0.114. The Morgan fingerprint density at radius 2 is 2.05 bits per heavy atom. The van der Waals surface area contributed by atoms with Crippen molar-refractivity contribution in [3.63, 3.8) is 0 Å². The largest absolute Gasteiger partial charge is 0.494 e. The Morgan fingerprint density at radius 1 is 1.24 bits per heavy atom. The summed E-state index contributed by atoms with van der Waals surface area (Å²) < 4.78 is 33.6. The Bertz CT molecular complexity index is 814. The van der Waals surface area contributed by atoms with Crippen molar-refractivity contribution in [1.29, 1.82) is 0 Å². The van der Waals surface area contributed by atoms with E-state index in [2.05, 4.69) is 4.98 Å². The number of nitrogen functional groups attached to an aromatic ring is 1. The molecule has 0 atom stereocenters. The summed E-state index contributed by atoms with van der Waals surface area (Å²) in [5.41, 5.74) is 7.68. The second-order valence-electron chi connectivity index (χ2n) is 4.66. The van der Waals surface area contributed by atoms with Gasteiger partial charge in [-0.25, -0.2) is 13.8 Å². The Balaban J connectivity index is 2.11. The van der Waals surface area contributed by atoms with Crippen molar-refractivity contribution in [2.75, 3.05) is 12.8 Å². The molecule has 6 heteroatoms. The van der Waals surface area contributed by atoms with Gasteiger partial charge in [-0.2, -0.15) is 0 Å². The summed E-state index contributed by atoms with van der Waals surface area (Å²) in [7, 11) is 1.39. The molecular weight excluding hydrogens is 276 g/mol. The van der Waals surface area contributed by atoms with E-state index in [-0.39, 0.29) is 17.5 Å². The van der Waals surface area contributed by atoms with Gasteiger partial charge < -0.3 is 15.0 Å². The topological polar surface area (TPSA) is 53.1 Å². The highest BCUT2D eigenvalue weighted by Gasteiger charge is 2.13. The number of hydrogen-bond donors (Lipinski definition) is 1. The van der Waals surface area contributed by atoms with Crippen molar-refractivity contribution >= 4 is 17.0 Å². The molecule has 1 heterocycles.